The first-order chi connectivity index (χ1) is 15.7. The molecule has 2 N–H and O–H groups in total. The van der Waals surface area contributed by atoms with Crippen molar-refractivity contribution in [3.8, 4) is 17.2 Å². The molecule has 0 amide bonds. The van der Waals surface area contributed by atoms with Gasteiger partial charge in [0.05, 0.1) is 20.4 Å². The molecule has 1 aromatic heterocycles. The number of aromatic hydroxyl groups is 1. The standard InChI is InChI=1S/C22H31N7O3/c1-31-17-13-16(14-18(32-2)19(17)30)15-23-27-20-24-21(28-9-5-3-6-10-28)26-22(25-20)29-11-7-4-8-12-29/h13-15,30H,3-12H2,1-2H3,(H,24,25,26,27)/b23-15-. The van der Waals surface area contributed by atoms with E-state index in [1.165, 1.54) is 27.1 Å². The summed E-state index contributed by atoms with van der Waals surface area (Å²) in [6.07, 6.45) is 8.69. The van der Waals surface area contributed by atoms with Gasteiger partial charge < -0.3 is 24.4 Å². The van der Waals surface area contributed by atoms with Crippen LogP contribution < -0.4 is 24.7 Å². The number of anilines is 3. The van der Waals surface area contributed by atoms with Gasteiger partial charge in [-0.1, -0.05) is 0 Å². The minimum absolute atomic E-state index is 0.0464. The van der Waals surface area contributed by atoms with Crippen LogP contribution in [0, 0.1) is 0 Å². The molecule has 0 saturated carbocycles. The average molecular weight is 442 g/mol. The maximum absolute atomic E-state index is 10.1. The molecule has 3 heterocycles. The molecule has 0 aliphatic carbocycles. The Bertz CT molecular complexity index is 880. The minimum atomic E-state index is -0.0464. The van der Waals surface area contributed by atoms with E-state index in [0.717, 1.165) is 51.9 Å². The van der Waals surface area contributed by atoms with Gasteiger partial charge in [-0.2, -0.15) is 20.1 Å². The summed E-state index contributed by atoms with van der Waals surface area (Å²) in [6.45, 7) is 3.83. The van der Waals surface area contributed by atoms with Crippen molar-refractivity contribution >= 4 is 24.1 Å². The van der Waals surface area contributed by atoms with Crippen LogP contribution in [0.15, 0.2) is 17.2 Å². The monoisotopic (exact) mass is 441 g/mol. The van der Waals surface area contributed by atoms with Crippen LogP contribution >= 0.6 is 0 Å². The molecule has 172 valence electrons. The van der Waals surface area contributed by atoms with E-state index in [-0.39, 0.29) is 5.75 Å². The number of nitrogens with zero attached hydrogens (tertiary/aromatic N) is 6. The van der Waals surface area contributed by atoms with Crippen molar-refractivity contribution in [3.63, 3.8) is 0 Å². The smallest absolute Gasteiger partial charge is 0.250 e. The van der Waals surface area contributed by atoms with Crippen molar-refractivity contribution in [2.75, 3.05) is 55.6 Å². The number of ether oxygens (including phenoxy) is 2. The van der Waals surface area contributed by atoms with Gasteiger partial charge >= 0.3 is 0 Å². The van der Waals surface area contributed by atoms with Crippen molar-refractivity contribution in [1.82, 2.24) is 15.0 Å². The molecule has 10 nitrogen and oxygen atoms in total. The van der Waals surface area contributed by atoms with Gasteiger partial charge in [-0.15, -0.1) is 0 Å². The zero-order valence-electron chi connectivity index (χ0n) is 18.8. The maximum atomic E-state index is 10.1. The number of aromatic nitrogens is 3. The van der Waals surface area contributed by atoms with Crippen LogP contribution in [-0.2, 0) is 0 Å². The molecular formula is C22H31N7O3. The highest BCUT2D eigenvalue weighted by molar-refractivity contribution is 5.82. The summed E-state index contributed by atoms with van der Waals surface area (Å²) >= 11 is 0. The molecule has 0 radical (unpaired) electrons. The van der Waals surface area contributed by atoms with Gasteiger partial charge in [-0.3, -0.25) is 0 Å². The molecule has 4 rings (SSSR count). The SMILES string of the molecule is COc1cc(/C=N\Nc2nc(N3CCCCC3)nc(N3CCCCC3)n2)cc(OC)c1O. The molecule has 32 heavy (non-hydrogen) atoms. The highest BCUT2D eigenvalue weighted by Crippen LogP contribution is 2.36. The van der Waals surface area contributed by atoms with E-state index in [1.54, 1.807) is 18.3 Å². The second-order valence-electron chi connectivity index (χ2n) is 8.00. The summed E-state index contributed by atoms with van der Waals surface area (Å²) < 4.78 is 10.4. The van der Waals surface area contributed by atoms with Crippen LogP contribution in [-0.4, -0.2) is 66.7 Å². The molecule has 2 aromatic rings. The van der Waals surface area contributed by atoms with Crippen molar-refractivity contribution in [2.45, 2.75) is 38.5 Å². The Kier molecular flexibility index (Phi) is 7.08. The van der Waals surface area contributed by atoms with E-state index < -0.39 is 0 Å². The molecule has 1 aromatic carbocycles. The number of rotatable bonds is 7. The van der Waals surface area contributed by atoms with E-state index in [9.17, 15) is 5.11 Å². The van der Waals surface area contributed by atoms with Gasteiger partial charge in [0.2, 0.25) is 23.6 Å². The predicted molar refractivity (Wildman–Crippen MR) is 124 cm³/mol. The van der Waals surface area contributed by atoms with Gasteiger partial charge in [0, 0.05) is 31.7 Å². The van der Waals surface area contributed by atoms with Gasteiger partial charge in [-0.05, 0) is 50.7 Å². The molecule has 10 heteroatoms. The van der Waals surface area contributed by atoms with Crippen molar-refractivity contribution in [1.29, 1.82) is 0 Å². The Hall–Kier alpha value is -3.30. The Balaban J connectivity index is 1.56. The Morgan fingerprint density at radius 1 is 0.844 bits per heavy atom. The molecule has 0 unspecified atom stereocenters. The highest BCUT2D eigenvalue weighted by Gasteiger charge is 2.20. The largest absolute Gasteiger partial charge is 0.502 e. The molecule has 2 aliphatic rings. The zero-order valence-corrected chi connectivity index (χ0v) is 18.8. The Labute approximate surface area is 188 Å². The van der Waals surface area contributed by atoms with E-state index in [1.807, 2.05) is 0 Å². The average Bonchev–Trinajstić information content (AvgIpc) is 2.85. The van der Waals surface area contributed by atoms with E-state index in [0.29, 0.717) is 34.9 Å². The number of phenolic OH excluding ortho intramolecular Hbond substituents is 1. The first kappa shape index (κ1) is 21.9. The summed E-state index contributed by atoms with van der Waals surface area (Å²) in [5.74, 6) is 2.39. The number of hydrogen-bond donors (Lipinski definition) is 2. The molecule has 2 fully saturated rings. The van der Waals surface area contributed by atoms with E-state index >= 15 is 0 Å². The van der Waals surface area contributed by atoms with Crippen LogP contribution in [0.5, 0.6) is 17.2 Å². The van der Waals surface area contributed by atoms with Crippen molar-refractivity contribution in [3.05, 3.63) is 17.7 Å². The van der Waals surface area contributed by atoms with E-state index in [2.05, 4.69) is 30.3 Å². The fourth-order valence-electron chi connectivity index (χ4n) is 4.03. The van der Waals surface area contributed by atoms with Crippen LogP contribution in [0.3, 0.4) is 0 Å². The lowest BCUT2D eigenvalue weighted by molar-refractivity contribution is 0.340. The van der Waals surface area contributed by atoms with Crippen LogP contribution in [0.25, 0.3) is 0 Å². The van der Waals surface area contributed by atoms with Gasteiger partial charge in [0.25, 0.3) is 0 Å². The second-order valence-corrected chi connectivity index (χ2v) is 8.00. The van der Waals surface area contributed by atoms with E-state index in [4.69, 9.17) is 14.5 Å². The van der Waals surface area contributed by atoms with Gasteiger partial charge in [0.15, 0.2) is 11.5 Å². The Morgan fingerprint density at radius 2 is 1.34 bits per heavy atom. The number of phenols is 1. The Morgan fingerprint density at radius 3 is 1.81 bits per heavy atom. The fourth-order valence-corrected chi connectivity index (χ4v) is 4.03. The lowest BCUT2D eigenvalue weighted by Gasteiger charge is -2.30. The minimum Gasteiger partial charge on any atom is -0.502 e. The third-order valence-corrected chi connectivity index (χ3v) is 5.77. The molecule has 0 atom stereocenters. The summed E-state index contributed by atoms with van der Waals surface area (Å²) in [5, 5.41) is 14.4. The van der Waals surface area contributed by atoms with Gasteiger partial charge in [0.1, 0.15) is 0 Å². The number of piperidine rings is 2. The lowest BCUT2D eigenvalue weighted by Crippen LogP contribution is -2.34. The molecule has 0 spiro atoms. The topological polar surface area (TPSA) is 108 Å². The summed E-state index contributed by atoms with van der Waals surface area (Å²) in [7, 11) is 2.98. The predicted octanol–water partition coefficient (Wildman–Crippen LogP) is 3.02. The van der Waals surface area contributed by atoms with Gasteiger partial charge in [-0.25, -0.2) is 5.43 Å². The summed E-state index contributed by atoms with van der Waals surface area (Å²) in [5.41, 5.74) is 3.65. The second kappa shape index (κ2) is 10.3. The molecule has 2 aliphatic heterocycles. The van der Waals surface area contributed by atoms with Crippen LogP contribution in [0.4, 0.5) is 17.8 Å². The number of benzene rings is 1. The summed E-state index contributed by atoms with van der Waals surface area (Å²) in [4.78, 5) is 18.5. The zero-order chi connectivity index (χ0) is 22.3. The highest BCUT2D eigenvalue weighted by atomic mass is 16.5. The number of hydrazone groups is 1. The number of hydrogen-bond acceptors (Lipinski definition) is 10. The quantitative estimate of drug-likeness (QED) is 0.495. The molecule has 2 saturated heterocycles. The van der Waals surface area contributed by atoms with Crippen LogP contribution in [0.1, 0.15) is 44.1 Å². The summed E-state index contributed by atoms with van der Waals surface area (Å²) in [6, 6.07) is 3.35. The molecular weight excluding hydrogens is 410 g/mol. The normalized spacial score (nSPS) is 16.9. The van der Waals surface area contributed by atoms with Crippen molar-refractivity contribution in [2.24, 2.45) is 5.10 Å². The third-order valence-electron chi connectivity index (χ3n) is 5.77. The maximum Gasteiger partial charge on any atom is 0.250 e. The first-order valence-electron chi connectivity index (χ1n) is 11.2. The fraction of sp³-hybridized carbons (Fsp3) is 0.545. The first-order valence-corrected chi connectivity index (χ1v) is 11.2. The van der Waals surface area contributed by atoms with Crippen molar-refractivity contribution < 1.29 is 14.6 Å². The molecule has 0 bridgehead atoms. The number of methoxy groups -OCH3 is 2. The number of nitrogens with one attached hydrogen (secondary N) is 1. The lowest BCUT2D eigenvalue weighted by atomic mass is 10.1. The third kappa shape index (κ3) is 5.12. The van der Waals surface area contributed by atoms with Crippen LogP contribution in [0.2, 0.25) is 0 Å².